The van der Waals surface area contributed by atoms with E-state index in [9.17, 15) is 4.79 Å². The van der Waals surface area contributed by atoms with Crippen LogP contribution in [0, 0.1) is 0 Å². The van der Waals surface area contributed by atoms with Gasteiger partial charge in [-0.2, -0.15) is 5.10 Å². The first-order chi connectivity index (χ1) is 10.7. The van der Waals surface area contributed by atoms with E-state index in [0.29, 0.717) is 12.1 Å². The van der Waals surface area contributed by atoms with Gasteiger partial charge >= 0.3 is 0 Å². The van der Waals surface area contributed by atoms with Crippen molar-refractivity contribution in [1.82, 2.24) is 29.5 Å². The Bertz CT molecular complexity index is 620. The van der Waals surface area contributed by atoms with Crippen molar-refractivity contribution in [3.05, 3.63) is 36.2 Å². The SMILES string of the molecule is CCN1CCN(C(=O)c2cnn(CC)c2)C[C@@H]1c1ncc[nH]1. The quantitative estimate of drug-likeness (QED) is 0.919. The number of nitrogens with zero attached hydrogens (tertiary/aromatic N) is 5. The summed E-state index contributed by atoms with van der Waals surface area (Å²) in [6.07, 6.45) is 7.06. The second kappa shape index (κ2) is 6.31. The zero-order valence-corrected chi connectivity index (χ0v) is 13.1. The predicted molar refractivity (Wildman–Crippen MR) is 82.4 cm³/mol. The van der Waals surface area contributed by atoms with E-state index in [2.05, 4.69) is 26.9 Å². The molecule has 1 atom stereocenters. The summed E-state index contributed by atoms with van der Waals surface area (Å²) in [7, 11) is 0. The van der Waals surface area contributed by atoms with E-state index in [1.807, 2.05) is 24.2 Å². The maximum Gasteiger partial charge on any atom is 0.257 e. The largest absolute Gasteiger partial charge is 0.347 e. The van der Waals surface area contributed by atoms with E-state index in [1.54, 1.807) is 17.1 Å². The average molecular weight is 302 g/mol. The lowest BCUT2D eigenvalue weighted by Gasteiger charge is -2.39. The highest BCUT2D eigenvalue weighted by molar-refractivity contribution is 5.93. The van der Waals surface area contributed by atoms with Crippen molar-refractivity contribution in [2.75, 3.05) is 26.2 Å². The van der Waals surface area contributed by atoms with E-state index in [0.717, 1.165) is 32.0 Å². The molecule has 0 spiro atoms. The second-order valence-electron chi connectivity index (χ2n) is 5.45. The van der Waals surface area contributed by atoms with Crippen molar-refractivity contribution < 1.29 is 4.79 Å². The Morgan fingerprint density at radius 1 is 1.36 bits per heavy atom. The third-order valence-corrected chi connectivity index (χ3v) is 4.22. The van der Waals surface area contributed by atoms with Crippen LogP contribution in [0.15, 0.2) is 24.8 Å². The molecule has 0 aliphatic carbocycles. The molecule has 1 fully saturated rings. The Balaban J connectivity index is 1.76. The van der Waals surface area contributed by atoms with Crippen LogP contribution in [0.3, 0.4) is 0 Å². The van der Waals surface area contributed by atoms with Gasteiger partial charge in [0.2, 0.25) is 0 Å². The molecule has 2 aromatic heterocycles. The van der Waals surface area contributed by atoms with Crippen molar-refractivity contribution in [3.63, 3.8) is 0 Å². The Hall–Kier alpha value is -2.15. The highest BCUT2D eigenvalue weighted by atomic mass is 16.2. The van der Waals surface area contributed by atoms with Gasteiger partial charge in [-0.05, 0) is 13.5 Å². The highest BCUT2D eigenvalue weighted by Gasteiger charge is 2.31. The molecule has 1 amide bonds. The lowest BCUT2D eigenvalue weighted by Crippen LogP contribution is -2.50. The summed E-state index contributed by atoms with van der Waals surface area (Å²) in [5, 5.41) is 4.19. The minimum Gasteiger partial charge on any atom is -0.347 e. The monoisotopic (exact) mass is 302 g/mol. The topological polar surface area (TPSA) is 70.0 Å². The molecular formula is C15H22N6O. The zero-order valence-electron chi connectivity index (χ0n) is 13.1. The van der Waals surface area contributed by atoms with Gasteiger partial charge in [0.25, 0.3) is 5.91 Å². The number of piperazine rings is 1. The van der Waals surface area contributed by atoms with Crippen LogP contribution in [0.25, 0.3) is 0 Å². The highest BCUT2D eigenvalue weighted by Crippen LogP contribution is 2.23. The molecule has 0 radical (unpaired) electrons. The Morgan fingerprint density at radius 2 is 2.23 bits per heavy atom. The molecule has 0 saturated carbocycles. The first-order valence-electron chi connectivity index (χ1n) is 7.78. The maximum atomic E-state index is 12.7. The number of carbonyl (C=O) groups excluding carboxylic acids is 1. The normalized spacial score (nSPS) is 19.5. The molecule has 1 N–H and O–H groups in total. The number of rotatable bonds is 4. The van der Waals surface area contributed by atoms with Crippen molar-refractivity contribution in [2.24, 2.45) is 0 Å². The van der Waals surface area contributed by atoms with Gasteiger partial charge in [0, 0.05) is 44.8 Å². The predicted octanol–water partition coefficient (Wildman–Crippen LogP) is 1.15. The van der Waals surface area contributed by atoms with Crippen LogP contribution in [0.4, 0.5) is 0 Å². The van der Waals surface area contributed by atoms with Crippen molar-refractivity contribution in [3.8, 4) is 0 Å². The molecule has 0 unspecified atom stereocenters. The molecule has 1 aliphatic rings. The van der Waals surface area contributed by atoms with E-state index in [1.165, 1.54) is 0 Å². The average Bonchev–Trinajstić information content (AvgIpc) is 3.24. The standard InChI is InChI=1S/C15H22N6O/c1-3-19-7-8-20(11-13(19)14-16-5-6-17-14)15(22)12-9-18-21(4-2)10-12/h5-6,9-10,13H,3-4,7-8,11H2,1-2H3,(H,16,17)/t13-/m1/s1. The van der Waals surface area contributed by atoms with Gasteiger partial charge in [0.15, 0.2) is 0 Å². The van der Waals surface area contributed by atoms with Gasteiger partial charge in [0.05, 0.1) is 17.8 Å². The lowest BCUT2D eigenvalue weighted by molar-refractivity contribution is 0.0480. The number of nitrogens with one attached hydrogen (secondary N) is 1. The molecule has 118 valence electrons. The number of hydrogen-bond donors (Lipinski definition) is 1. The van der Waals surface area contributed by atoms with Gasteiger partial charge in [0.1, 0.15) is 5.82 Å². The van der Waals surface area contributed by atoms with Crippen LogP contribution in [0.1, 0.15) is 36.1 Å². The van der Waals surface area contributed by atoms with Crippen LogP contribution in [0.2, 0.25) is 0 Å². The van der Waals surface area contributed by atoms with Crippen LogP contribution in [-0.2, 0) is 6.54 Å². The van der Waals surface area contributed by atoms with Crippen molar-refractivity contribution in [2.45, 2.75) is 26.4 Å². The first kappa shape index (κ1) is 14.8. The Labute approximate surface area is 129 Å². The number of aromatic amines is 1. The van der Waals surface area contributed by atoms with Crippen LogP contribution < -0.4 is 0 Å². The van der Waals surface area contributed by atoms with Gasteiger partial charge in [-0.15, -0.1) is 0 Å². The summed E-state index contributed by atoms with van der Waals surface area (Å²) in [5.41, 5.74) is 0.657. The molecular weight excluding hydrogens is 280 g/mol. The zero-order chi connectivity index (χ0) is 15.5. The fourth-order valence-electron chi connectivity index (χ4n) is 2.93. The molecule has 22 heavy (non-hydrogen) atoms. The molecule has 3 rings (SSSR count). The van der Waals surface area contributed by atoms with Crippen molar-refractivity contribution in [1.29, 1.82) is 0 Å². The molecule has 0 aromatic carbocycles. The number of likely N-dealkylation sites (N-methyl/N-ethyl adjacent to an activating group) is 1. The summed E-state index contributed by atoms with van der Waals surface area (Å²) in [6, 6.07) is 0.124. The number of H-pyrrole nitrogens is 1. The summed E-state index contributed by atoms with van der Waals surface area (Å²) in [6.45, 7) is 8.11. The van der Waals surface area contributed by atoms with Gasteiger partial charge in [-0.25, -0.2) is 4.98 Å². The molecule has 2 aromatic rings. The second-order valence-corrected chi connectivity index (χ2v) is 5.45. The molecule has 1 saturated heterocycles. The fourth-order valence-corrected chi connectivity index (χ4v) is 2.93. The fraction of sp³-hybridized carbons (Fsp3) is 0.533. The van der Waals surface area contributed by atoms with E-state index in [-0.39, 0.29) is 11.9 Å². The number of carbonyl (C=O) groups is 1. The van der Waals surface area contributed by atoms with Crippen LogP contribution in [-0.4, -0.2) is 61.6 Å². The third kappa shape index (κ3) is 2.76. The smallest absolute Gasteiger partial charge is 0.257 e. The van der Waals surface area contributed by atoms with E-state index < -0.39 is 0 Å². The van der Waals surface area contributed by atoms with E-state index in [4.69, 9.17) is 0 Å². The molecule has 7 heteroatoms. The number of aromatic nitrogens is 4. The number of aryl methyl sites for hydroxylation is 1. The number of amides is 1. The minimum atomic E-state index is 0.0482. The molecule has 7 nitrogen and oxygen atoms in total. The van der Waals surface area contributed by atoms with E-state index >= 15 is 0 Å². The Morgan fingerprint density at radius 3 is 2.86 bits per heavy atom. The van der Waals surface area contributed by atoms with Crippen LogP contribution >= 0.6 is 0 Å². The van der Waals surface area contributed by atoms with Gasteiger partial charge in [-0.3, -0.25) is 14.4 Å². The molecule has 1 aliphatic heterocycles. The number of hydrogen-bond acceptors (Lipinski definition) is 4. The summed E-state index contributed by atoms with van der Waals surface area (Å²) < 4.78 is 1.78. The summed E-state index contributed by atoms with van der Waals surface area (Å²) in [4.78, 5) is 24.5. The first-order valence-corrected chi connectivity index (χ1v) is 7.78. The molecule has 0 bridgehead atoms. The van der Waals surface area contributed by atoms with Crippen LogP contribution in [0.5, 0.6) is 0 Å². The third-order valence-electron chi connectivity index (χ3n) is 4.22. The maximum absolute atomic E-state index is 12.7. The van der Waals surface area contributed by atoms with Gasteiger partial charge < -0.3 is 9.88 Å². The Kier molecular flexibility index (Phi) is 4.24. The summed E-state index contributed by atoms with van der Waals surface area (Å²) in [5.74, 6) is 0.968. The molecule has 3 heterocycles. The van der Waals surface area contributed by atoms with Gasteiger partial charge in [-0.1, -0.05) is 6.92 Å². The number of imidazole rings is 1. The summed E-state index contributed by atoms with van der Waals surface area (Å²) >= 11 is 0. The minimum absolute atomic E-state index is 0.0482. The van der Waals surface area contributed by atoms with Crippen molar-refractivity contribution >= 4 is 5.91 Å². The lowest BCUT2D eigenvalue weighted by atomic mass is 10.1.